The molecule has 160 valence electrons. The van der Waals surface area contributed by atoms with Crippen molar-refractivity contribution in [2.75, 3.05) is 13.2 Å². The summed E-state index contributed by atoms with van der Waals surface area (Å²) in [6.07, 6.45) is 0.563. The number of carbonyl (C=O) groups is 1. The van der Waals surface area contributed by atoms with Gasteiger partial charge in [-0.25, -0.2) is 9.78 Å². The number of amides is 1. The second-order valence-corrected chi connectivity index (χ2v) is 16.9. The minimum absolute atomic E-state index is 0.131. The van der Waals surface area contributed by atoms with Crippen molar-refractivity contribution in [3.63, 3.8) is 0 Å². The molecule has 1 fully saturated rings. The van der Waals surface area contributed by atoms with Crippen molar-refractivity contribution in [2.24, 2.45) is 5.92 Å². The van der Waals surface area contributed by atoms with E-state index in [0.717, 1.165) is 34.1 Å². The molecule has 1 amide bonds. The predicted octanol–water partition coefficient (Wildman–Crippen LogP) is 6.04. The van der Waals surface area contributed by atoms with Crippen LogP contribution >= 0.6 is 31.9 Å². The lowest BCUT2D eigenvalue weighted by atomic mass is 10.1. The summed E-state index contributed by atoms with van der Waals surface area (Å²) >= 11 is 7.12. The van der Waals surface area contributed by atoms with Crippen LogP contribution in [0.1, 0.15) is 46.0 Å². The van der Waals surface area contributed by atoms with E-state index < -0.39 is 13.7 Å². The number of likely N-dealkylation sites (tertiary alicyclic amines) is 1. The first-order chi connectivity index (χ1) is 12.8. The van der Waals surface area contributed by atoms with Crippen molar-refractivity contribution in [1.29, 1.82) is 0 Å². The van der Waals surface area contributed by atoms with Crippen LogP contribution in [0.2, 0.25) is 25.7 Å². The zero-order valence-electron chi connectivity index (χ0n) is 18.0. The molecule has 1 aromatic heterocycles. The first-order valence-electron chi connectivity index (χ1n) is 9.77. The Labute approximate surface area is 186 Å². The molecule has 0 N–H and O–H groups in total. The fourth-order valence-electron chi connectivity index (χ4n) is 3.14. The molecular weight excluding hydrogens is 506 g/mol. The van der Waals surface area contributed by atoms with Gasteiger partial charge in [-0.3, -0.25) is 9.47 Å². The van der Waals surface area contributed by atoms with Gasteiger partial charge in [-0.15, -0.1) is 0 Å². The molecule has 28 heavy (non-hydrogen) atoms. The van der Waals surface area contributed by atoms with E-state index >= 15 is 0 Å². The summed E-state index contributed by atoms with van der Waals surface area (Å²) in [6.45, 7) is 16.6. The lowest BCUT2D eigenvalue weighted by molar-refractivity contribution is 0.0199. The SMILES string of the molecule is C[C@H]1C[C@@H](c2nc(Br)c(Br)n2COCC[Si](C)(C)C)N(C(=O)OC(C)(C)C)C1. The van der Waals surface area contributed by atoms with Crippen molar-refractivity contribution >= 4 is 46.0 Å². The summed E-state index contributed by atoms with van der Waals surface area (Å²) in [5.74, 6) is 1.20. The highest BCUT2D eigenvalue weighted by Crippen LogP contribution is 2.38. The van der Waals surface area contributed by atoms with Crippen molar-refractivity contribution in [2.45, 2.75) is 78.2 Å². The molecule has 0 aromatic carbocycles. The van der Waals surface area contributed by atoms with Gasteiger partial charge in [0.2, 0.25) is 0 Å². The molecule has 9 heteroatoms. The molecule has 0 bridgehead atoms. The molecule has 6 nitrogen and oxygen atoms in total. The Balaban J connectivity index is 2.20. The van der Waals surface area contributed by atoms with Gasteiger partial charge < -0.3 is 9.47 Å². The van der Waals surface area contributed by atoms with Crippen LogP contribution in [0.25, 0.3) is 0 Å². The third-order valence-corrected chi connectivity index (χ3v) is 8.14. The van der Waals surface area contributed by atoms with Crippen molar-refractivity contribution in [3.05, 3.63) is 15.0 Å². The molecule has 2 rings (SSSR count). The predicted molar refractivity (Wildman–Crippen MR) is 121 cm³/mol. The number of ether oxygens (including phenoxy) is 2. The molecule has 0 unspecified atom stereocenters. The van der Waals surface area contributed by atoms with E-state index in [4.69, 9.17) is 14.5 Å². The van der Waals surface area contributed by atoms with E-state index in [-0.39, 0.29) is 12.1 Å². The summed E-state index contributed by atoms with van der Waals surface area (Å²) in [4.78, 5) is 19.3. The normalized spacial score (nSPS) is 20.7. The highest BCUT2D eigenvalue weighted by molar-refractivity contribution is 9.13. The molecule has 1 aliphatic heterocycles. The lowest BCUT2D eigenvalue weighted by Crippen LogP contribution is -2.37. The molecule has 0 saturated carbocycles. The second-order valence-electron chi connectivity index (χ2n) is 9.82. The van der Waals surface area contributed by atoms with Crippen molar-refractivity contribution in [1.82, 2.24) is 14.5 Å². The number of rotatable bonds is 6. The van der Waals surface area contributed by atoms with Gasteiger partial charge in [-0.2, -0.15) is 0 Å². The van der Waals surface area contributed by atoms with Crippen molar-refractivity contribution < 1.29 is 14.3 Å². The van der Waals surface area contributed by atoms with E-state index in [0.29, 0.717) is 19.2 Å². The van der Waals surface area contributed by atoms with E-state index in [1.54, 1.807) is 4.90 Å². The molecule has 2 atom stereocenters. The largest absolute Gasteiger partial charge is 0.444 e. The van der Waals surface area contributed by atoms with Gasteiger partial charge >= 0.3 is 6.09 Å². The maximum Gasteiger partial charge on any atom is 0.410 e. The van der Waals surface area contributed by atoms with Crippen molar-refractivity contribution in [3.8, 4) is 0 Å². The van der Waals surface area contributed by atoms with E-state index in [1.165, 1.54) is 0 Å². The van der Waals surface area contributed by atoms with Crippen LogP contribution in [0.3, 0.4) is 0 Å². The number of hydrogen-bond donors (Lipinski definition) is 0. The number of imidazole rings is 1. The van der Waals surface area contributed by atoms with Crippen LogP contribution in [0.5, 0.6) is 0 Å². The first-order valence-corrected chi connectivity index (χ1v) is 15.1. The smallest absolute Gasteiger partial charge is 0.410 e. The fraction of sp³-hybridized carbons (Fsp3) is 0.789. The zero-order valence-corrected chi connectivity index (χ0v) is 22.2. The van der Waals surface area contributed by atoms with E-state index in [9.17, 15) is 4.79 Å². The van der Waals surface area contributed by atoms with E-state index in [1.807, 2.05) is 25.3 Å². The Morgan fingerprint density at radius 3 is 2.50 bits per heavy atom. The Morgan fingerprint density at radius 1 is 1.29 bits per heavy atom. The van der Waals surface area contributed by atoms with Gasteiger partial charge in [0, 0.05) is 21.2 Å². The molecule has 0 radical (unpaired) electrons. The quantitative estimate of drug-likeness (QED) is 0.327. The minimum atomic E-state index is -1.14. The second kappa shape index (κ2) is 9.18. The van der Waals surface area contributed by atoms with Gasteiger partial charge in [-0.1, -0.05) is 26.6 Å². The Hall–Kier alpha value is -0.383. The number of carbonyl (C=O) groups excluding carboxylic acids is 1. The number of nitrogens with zero attached hydrogens (tertiary/aromatic N) is 3. The van der Waals surface area contributed by atoms with Crippen LogP contribution in [-0.4, -0.2) is 47.4 Å². The lowest BCUT2D eigenvalue weighted by Gasteiger charge is -2.28. The average Bonchev–Trinajstić information content (AvgIpc) is 3.03. The van der Waals surface area contributed by atoms with E-state index in [2.05, 4.69) is 58.4 Å². The van der Waals surface area contributed by atoms with Crippen LogP contribution in [0.15, 0.2) is 9.21 Å². The topological polar surface area (TPSA) is 56.6 Å². The summed E-state index contributed by atoms with van der Waals surface area (Å²) in [5, 5.41) is 0. The summed E-state index contributed by atoms with van der Waals surface area (Å²) in [7, 11) is -1.14. The third kappa shape index (κ3) is 6.57. The highest BCUT2D eigenvalue weighted by atomic mass is 79.9. The monoisotopic (exact) mass is 537 g/mol. The van der Waals surface area contributed by atoms with Crippen LogP contribution in [0, 0.1) is 5.92 Å². The number of halogens is 2. The summed E-state index contributed by atoms with van der Waals surface area (Å²) in [5.41, 5.74) is -0.524. The van der Waals surface area contributed by atoms with Gasteiger partial charge in [0.15, 0.2) is 0 Å². The Bertz CT molecular complexity index is 698. The maximum atomic E-state index is 12.8. The van der Waals surface area contributed by atoms with Gasteiger partial charge in [-0.05, 0) is 71.0 Å². The number of hydrogen-bond acceptors (Lipinski definition) is 4. The first kappa shape index (κ1) is 23.9. The van der Waals surface area contributed by atoms with Gasteiger partial charge in [0.1, 0.15) is 27.4 Å². The standard InChI is InChI=1S/C19H33Br2N3O3Si/c1-13-10-14(23(11-13)18(25)27-19(2,3)4)17-22-15(20)16(21)24(17)12-26-8-9-28(5,6)7/h13-14H,8-12H2,1-7H3/t13-,14-/m0/s1. The van der Waals surface area contributed by atoms with Gasteiger partial charge in [0.05, 0.1) is 6.04 Å². The maximum absolute atomic E-state index is 12.8. The third-order valence-electron chi connectivity index (χ3n) is 4.55. The molecule has 2 heterocycles. The van der Waals surface area contributed by atoms with Crippen LogP contribution in [0.4, 0.5) is 4.79 Å². The molecule has 1 aromatic rings. The van der Waals surface area contributed by atoms with Gasteiger partial charge in [0.25, 0.3) is 0 Å². The molecule has 1 aliphatic rings. The molecule has 1 saturated heterocycles. The minimum Gasteiger partial charge on any atom is -0.444 e. The Kier molecular flexibility index (Phi) is 7.83. The molecular formula is C19H33Br2N3O3Si. The summed E-state index contributed by atoms with van der Waals surface area (Å²) in [6, 6.07) is 0.980. The van der Waals surface area contributed by atoms with Crippen LogP contribution < -0.4 is 0 Å². The fourth-order valence-corrected chi connectivity index (χ4v) is 4.67. The summed E-state index contributed by atoms with van der Waals surface area (Å²) < 4.78 is 15.2. The number of aromatic nitrogens is 2. The van der Waals surface area contributed by atoms with Crippen LogP contribution in [-0.2, 0) is 16.2 Å². The molecule has 0 aliphatic carbocycles. The average molecular weight is 539 g/mol. The Morgan fingerprint density at radius 2 is 1.93 bits per heavy atom. The zero-order chi connectivity index (χ0) is 21.3. The highest BCUT2D eigenvalue weighted by Gasteiger charge is 2.39. The molecule has 0 spiro atoms.